The standard InChI is InChI=1S/C14H11N3S2/c1-3-7-16-13(5-1)18-11-9-15-10-12(11)19-14-6-2-4-8-17-14/h1-10,15H. The molecular weight excluding hydrogens is 274 g/mol. The highest BCUT2D eigenvalue weighted by Crippen LogP contribution is 2.37. The van der Waals surface area contributed by atoms with Crippen LogP contribution < -0.4 is 0 Å². The van der Waals surface area contributed by atoms with Gasteiger partial charge in [0.25, 0.3) is 0 Å². The smallest absolute Gasteiger partial charge is 0.101 e. The van der Waals surface area contributed by atoms with Crippen LogP contribution in [0.3, 0.4) is 0 Å². The van der Waals surface area contributed by atoms with Gasteiger partial charge in [-0.3, -0.25) is 0 Å². The molecule has 0 aliphatic rings. The molecule has 0 saturated heterocycles. The minimum absolute atomic E-state index is 0.991. The van der Waals surface area contributed by atoms with Crippen molar-refractivity contribution in [1.82, 2.24) is 15.0 Å². The third-order valence-corrected chi connectivity index (χ3v) is 4.52. The number of hydrogen-bond acceptors (Lipinski definition) is 4. The molecule has 3 nitrogen and oxygen atoms in total. The largest absolute Gasteiger partial charge is 0.366 e. The van der Waals surface area contributed by atoms with Crippen molar-refractivity contribution in [3.05, 3.63) is 61.2 Å². The van der Waals surface area contributed by atoms with E-state index in [0.29, 0.717) is 0 Å². The van der Waals surface area contributed by atoms with Crippen LogP contribution in [0.15, 0.2) is 81.0 Å². The van der Waals surface area contributed by atoms with Gasteiger partial charge >= 0.3 is 0 Å². The van der Waals surface area contributed by atoms with E-state index in [1.54, 1.807) is 35.9 Å². The number of aromatic nitrogens is 3. The quantitative estimate of drug-likeness (QED) is 0.783. The van der Waals surface area contributed by atoms with Crippen molar-refractivity contribution in [3.63, 3.8) is 0 Å². The van der Waals surface area contributed by atoms with Crippen LogP contribution in [0.1, 0.15) is 0 Å². The Hall–Kier alpha value is -1.72. The van der Waals surface area contributed by atoms with Gasteiger partial charge in [0.2, 0.25) is 0 Å². The van der Waals surface area contributed by atoms with Gasteiger partial charge in [-0.05, 0) is 24.3 Å². The first-order valence-electron chi connectivity index (χ1n) is 5.76. The molecule has 0 unspecified atom stereocenters. The van der Waals surface area contributed by atoms with Gasteiger partial charge in [0.1, 0.15) is 10.1 Å². The average molecular weight is 285 g/mol. The van der Waals surface area contributed by atoms with Gasteiger partial charge in [0.05, 0.1) is 0 Å². The predicted molar refractivity (Wildman–Crippen MR) is 77.5 cm³/mol. The van der Waals surface area contributed by atoms with E-state index in [0.717, 1.165) is 19.8 Å². The summed E-state index contributed by atoms with van der Waals surface area (Å²) in [4.78, 5) is 14.1. The maximum absolute atomic E-state index is 4.33. The van der Waals surface area contributed by atoms with E-state index in [2.05, 4.69) is 15.0 Å². The summed E-state index contributed by atoms with van der Waals surface area (Å²) in [5.74, 6) is 0. The number of hydrogen-bond donors (Lipinski definition) is 1. The van der Waals surface area contributed by atoms with E-state index in [-0.39, 0.29) is 0 Å². The fourth-order valence-corrected chi connectivity index (χ4v) is 3.33. The summed E-state index contributed by atoms with van der Waals surface area (Å²) < 4.78 is 0. The third-order valence-electron chi connectivity index (χ3n) is 2.38. The lowest BCUT2D eigenvalue weighted by Gasteiger charge is -2.02. The molecule has 0 saturated carbocycles. The third kappa shape index (κ3) is 3.19. The molecule has 1 N–H and O–H groups in total. The first-order chi connectivity index (χ1) is 9.42. The van der Waals surface area contributed by atoms with Gasteiger partial charge in [-0.15, -0.1) is 0 Å². The second-order valence-corrected chi connectivity index (χ2v) is 5.85. The highest BCUT2D eigenvalue weighted by Gasteiger charge is 2.08. The zero-order valence-electron chi connectivity index (χ0n) is 9.98. The Labute approximate surface area is 119 Å². The Morgan fingerprint density at radius 1 is 0.737 bits per heavy atom. The molecule has 0 aliphatic heterocycles. The highest BCUT2D eigenvalue weighted by molar-refractivity contribution is 8.02. The van der Waals surface area contributed by atoms with Gasteiger partial charge in [-0.1, -0.05) is 35.7 Å². The van der Waals surface area contributed by atoms with Crippen LogP contribution in [-0.4, -0.2) is 15.0 Å². The molecule has 0 fully saturated rings. The minimum atomic E-state index is 0.991. The number of nitrogens with one attached hydrogen (secondary N) is 1. The van der Waals surface area contributed by atoms with E-state index in [1.165, 1.54) is 0 Å². The number of H-pyrrole nitrogens is 1. The molecule has 0 aromatic carbocycles. The Kier molecular flexibility index (Phi) is 3.86. The van der Waals surface area contributed by atoms with Gasteiger partial charge < -0.3 is 4.98 Å². The number of rotatable bonds is 4. The van der Waals surface area contributed by atoms with Crippen molar-refractivity contribution in [2.45, 2.75) is 19.8 Å². The lowest BCUT2D eigenvalue weighted by molar-refractivity contribution is 1.12. The second kappa shape index (κ2) is 5.95. The van der Waals surface area contributed by atoms with Crippen LogP contribution in [0.4, 0.5) is 0 Å². The Balaban J connectivity index is 1.79. The van der Waals surface area contributed by atoms with E-state index in [9.17, 15) is 0 Å². The molecule has 0 aliphatic carbocycles. The summed E-state index contributed by atoms with van der Waals surface area (Å²) in [6.45, 7) is 0. The Morgan fingerprint density at radius 2 is 1.26 bits per heavy atom. The van der Waals surface area contributed by atoms with Gasteiger partial charge in [0.15, 0.2) is 0 Å². The van der Waals surface area contributed by atoms with Crippen LogP contribution in [0.25, 0.3) is 0 Å². The van der Waals surface area contributed by atoms with Crippen molar-refractivity contribution in [3.8, 4) is 0 Å². The van der Waals surface area contributed by atoms with Crippen LogP contribution in [-0.2, 0) is 0 Å². The molecule has 3 aromatic rings. The highest BCUT2D eigenvalue weighted by atomic mass is 32.2. The lowest BCUT2D eigenvalue weighted by Crippen LogP contribution is -1.79. The maximum atomic E-state index is 4.33. The molecule has 94 valence electrons. The molecule has 0 radical (unpaired) electrons. The van der Waals surface area contributed by atoms with E-state index >= 15 is 0 Å². The van der Waals surface area contributed by atoms with Crippen LogP contribution in [0, 0.1) is 0 Å². The topological polar surface area (TPSA) is 41.6 Å². The van der Waals surface area contributed by atoms with E-state index in [4.69, 9.17) is 0 Å². The zero-order valence-corrected chi connectivity index (χ0v) is 11.6. The molecule has 3 aromatic heterocycles. The van der Waals surface area contributed by atoms with Crippen molar-refractivity contribution in [1.29, 1.82) is 0 Å². The Morgan fingerprint density at radius 3 is 1.68 bits per heavy atom. The SMILES string of the molecule is c1ccc(Sc2c[nH]cc2Sc2ccccn2)nc1. The van der Waals surface area contributed by atoms with E-state index < -0.39 is 0 Å². The molecule has 5 heteroatoms. The Bertz CT molecular complexity index is 582. The number of nitrogens with zero attached hydrogens (tertiary/aromatic N) is 2. The summed E-state index contributed by atoms with van der Waals surface area (Å²) in [6, 6.07) is 11.8. The summed E-state index contributed by atoms with van der Waals surface area (Å²) in [5, 5.41) is 1.98. The summed E-state index contributed by atoms with van der Waals surface area (Å²) >= 11 is 3.30. The molecule has 0 atom stereocenters. The predicted octanol–water partition coefficient (Wildman–Crippen LogP) is 4.11. The van der Waals surface area contributed by atoms with Crippen molar-refractivity contribution < 1.29 is 0 Å². The average Bonchev–Trinajstić information content (AvgIpc) is 2.88. The van der Waals surface area contributed by atoms with E-state index in [1.807, 2.05) is 48.8 Å². The van der Waals surface area contributed by atoms with Gasteiger partial charge in [-0.25, -0.2) is 9.97 Å². The van der Waals surface area contributed by atoms with Crippen LogP contribution in [0.5, 0.6) is 0 Å². The van der Waals surface area contributed by atoms with Crippen molar-refractivity contribution in [2.24, 2.45) is 0 Å². The lowest BCUT2D eigenvalue weighted by atomic mass is 10.5. The molecule has 0 spiro atoms. The number of aromatic amines is 1. The normalized spacial score (nSPS) is 10.5. The van der Waals surface area contributed by atoms with Crippen LogP contribution in [0.2, 0.25) is 0 Å². The second-order valence-electron chi connectivity index (χ2n) is 3.72. The zero-order chi connectivity index (χ0) is 12.9. The molecular formula is C14H11N3S2. The fourth-order valence-electron chi connectivity index (χ4n) is 1.54. The molecule has 0 amide bonds. The summed E-state index contributed by atoms with van der Waals surface area (Å²) in [7, 11) is 0. The summed E-state index contributed by atoms with van der Waals surface area (Å²) in [5.41, 5.74) is 0. The first-order valence-corrected chi connectivity index (χ1v) is 7.40. The van der Waals surface area contributed by atoms with Crippen molar-refractivity contribution in [2.75, 3.05) is 0 Å². The fraction of sp³-hybridized carbons (Fsp3) is 0. The summed E-state index contributed by atoms with van der Waals surface area (Å²) in [6.07, 6.45) is 7.59. The first kappa shape index (κ1) is 12.3. The molecule has 3 rings (SSSR count). The van der Waals surface area contributed by atoms with Gasteiger partial charge in [0, 0.05) is 34.6 Å². The molecule has 19 heavy (non-hydrogen) atoms. The van der Waals surface area contributed by atoms with Gasteiger partial charge in [-0.2, -0.15) is 0 Å². The van der Waals surface area contributed by atoms with Crippen LogP contribution >= 0.6 is 23.5 Å². The molecule has 3 heterocycles. The molecule has 0 bridgehead atoms. The minimum Gasteiger partial charge on any atom is -0.366 e. The monoisotopic (exact) mass is 285 g/mol. The number of pyridine rings is 2. The maximum Gasteiger partial charge on any atom is 0.101 e. The van der Waals surface area contributed by atoms with Crippen molar-refractivity contribution >= 4 is 23.5 Å².